The Labute approximate surface area is 133 Å². The summed E-state index contributed by atoms with van der Waals surface area (Å²) in [5.41, 5.74) is 0.820. The van der Waals surface area contributed by atoms with E-state index >= 15 is 0 Å². The van der Waals surface area contributed by atoms with E-state index in [2.05, 4.69) is 31.2 Å². The summed E-state index contributed by atoms with van der Waals surface area (Å²) >= 11 is 0. The van der Waals surface area contributed by atoms with Gasteiger partial charge in [0.2, 0.25) is 5.91 Å². The number of amides is 1. The number of rotatable bonds is 4. The van der Waals surface area contributed by atoms with Gasteiger partial charge in [0.15, 0.2) is 0 Å². The Balaban J connectivity index is 1.67. The van der Waals surface area contributed by atoms with Gasteiger partial charge in [-0.2, -0.15) is 0 Å². The van der Waals surface area contributed by atoms with E-state index in [0.717, 1.165) is 45.1 Å². The minimum atomic E-state index is -0.527. The highest BCUT2D eigenvalue weighted by molar-refractivity contribution is 5.77. The largest absolute Gasteiger partial charge is 0.390 e. The Morgan fingerprint density at radius 1 is 1.14 bits per heavy atom. The van der Waals surface area contributed by atoms with Crippen LogP contribution < -0.4 is 0 Å². The van der Waals surface area contributed by atoms with Crippen LogP contribution >= 0.6 is 0 Å². The van der Waals surface area contributed by atoms with Gasteiger partial charge >= 0.3 is 0 Å². The van der Waals surface area contributed by atoms with E-state index < -0.39 is 5.60 Å². The lowest BCUT2D eigenvalue weighted by Crippen LogP contribution is -2.48. The number of piperidine rings is 1. The van der Waals surface area contributed by atoms with Crippen LogP contribution in [-0.4, -0.2) is 34.6 Å². The maximum absolute atomic E-state index is 12.3. The molecular weight excluding hydrogens is 274 g/mol. The minimum Gasteiger partial charge on any atom is -0.390 e. The zero-order valence-corrected chi connectivity index (χ0v) is 13.6. The SMILES string of the molecule is CC1(c2ccccc2)CCC(=O)N(CCC2(O)CCCC2)C1. The van der Waals surface area contributed by atoms with Gasteiger partial charge in [0, 0.05) is 24.9 Å². The van der Waals surface area contributed by atoms with E-state index in [4.69, 9.17) is 0 Å². The molecule has 1 saturated carbocycles. The molecule has 0 bridgehead atoms. The average molecular weight is 301 g/mol. The molecule has 120 valence electrons. The van der Waals surface area contributed by atoms with Crippen molar-refractivity contribution in [3.05, 3.63) is 35.9 Å². The zero-order valence-electron chi connectivity index (χ0n) is 13.6. The fourth-order valence-electron chi connectivity index (χ4n) is 4.04. The third-order valence-electron chi connectivity index (χ3n) is 5.64. The second-order valence-corrected chi connectivity index (χ2v) is 7.42. The molecule has 1 aromatic rings. The van der Waals surface area contributed by atoms with Crippen molar-refractivity contribution in [2.24, 2.45) is 0 Å². The number of benzene rings is 1. The fourth-order valence-corrected chi connectivity index (χ4v) is 4.04. The van der Waals surface area contributed by atoms with Crippen LogP contribution in [0.1, 0.15) is 57.4 Å². The van der Waals surface area contributed by atoms with Crippen LogP contribution in [0, 0.1) is 0 Å². The second kappa shape index (κ2) is 6.04. The molecule has 3 nitrogen and oxygen atoms in total. The zero-order chi connectivity index (χ0) is 15.6. The van der Waals surface area contributed by atoms with Gasteiger partial charge in [-0.05, 0) is 31.2 Å². The van der Waals surface area contributed by atoms with E-state index in [1.807, 2.05) is 11.0 Å². The molecule has 1 atom stereocenters. The molecule has 2 fully saturated rings. The van der Waals surface area contributed by atoms with Gasteiger partial charge in [-0.15, -0.1) is 0 Å². The van der Waals surface area contributed by atoms with E-state index in [0.29, 0.717) is 13.0 Å². The molecule has 3 rings (SSSR count). The molecule has 0 aromatic heterocycles. The monoisotopic (exact) mass is 301 g/mol. The van der Waals surface area contributed by atoms with Crippen molar-refractivity contribution in [2.45, 2.75) is 62.9 Å². The van der Waals surface area contributed by atoms with E-state index in [-0.39, 0.29) is 11.3 Å². The molecule has 2 aliphatic rings. The molecule has 0 radical (unpaired) electrons. The van der Waals surface area contributed by atoms with E-state index in [1.165, 1.54) is 5.56 Å². The number of carbonyl (C=O) groups excluding carboxylic acids is 1. The molecule has 1 N–H and O–H groups in total. The molecule has 1 aliphatic carbocycles. The molecule has 1 amide bonds. The standard InChI is InChI=1S/C19H27NO2/c1-18(16-7-3-2-4-8-16)12-9-17(21)20(15-18)14-13-19(22)10-5-6-11-19/h2-4,7-8,22H,5-6,9-15H2,1H3. The molecule has 1 unspecified atom stereocenters. The fraction of sp³-hybridized carbons (Fsp3) is 0.632. The molecule has 1 heterocycles. The Hall–Kier alpha value is -1.35. The second-order valence-electron chi connectivity index (χ2n) is 7.42. The van der Waals surface area contributed by atoms with Crippen LogP contribution in [0.4, 0.5) is 0 Å². The predicted molar refractivity (Wildman–Crippen MR) is 87.6 cm³/mol. The average Bonchev–Trinajstić information content (AvgIpc) is 2.97. The van der Waals surface area contributed by atoms with Gasteiger partial charge in [-0.25, -0.2) is 0 Å². The number of likely N-dealkylation sites (tertiary alicyclic amines) is 1. The number of hydrogen-bond acceptors (Lipinski definition) is 2. The molecule has 1 aliphatic heterocycles. The topological polar surface area (TPSA) is 40.5 Å². The smallest absolute Gasteiger partial charge is 0.222 e. The molecule has 0 spiro atoms. The molecule has 1 aromatic carbocycles. The van der Waals surface area contributed by atoms with E-state index in [1.54, 1.807) is 0 Å². The van der Waals surface area contributed by atoms with Gasteiger partial charge in [-0.1, -0.05) is 50.1 Å². The van der Waals surface area contributed by atoms with Crippen molar-refractivity contribution in [1.82, 2.24) is 4.90 Å². The van der Waals surface area contributed by atoms with Gasteiger partial charge in [0.05, 0.1) is 5.60 Å². The Kier molecular flexibility index (Phi) is 4.26. The summed E-state index contributed by atoms with van der Waals surface area (Å²) in [4.78, 5) is 14.2. The maximum Gasteiger partial charge on any atom is 0.222 e. The number of hydrogen-bond donors (Lipinski definition) is 1. The van der Waals surface area contributed by atoms with Crippen molar-refractivity contribution < 1.29 is 9.90 Å². The van der Waals surface area contributed by atoms with Crippen LogP contribution in [0.25, 0.3) is 0 Å². The third-order valence-corrected chi connectivity index (χ3v) is 5.64. The van der Waals surface area contributed by atoms with Crippen molar-refractivity contribution in [3.8, 4) is 0 Å². The minimum absolute atomic E-state index is 0.0352. The van der Waals surface area contributed by atoms with Crippen molar-refractivity contribution in [2.75, 3.05) is 13.1 Å². The van der Waals surface area contributed by atoms with Crippen LogP contribution in [-0.2, 0) is 10.2 Å². The van der Waals surface area contributed by atoms with E-state index in [9.17, 15) is 9.90 Å². The Morgan fingerprint density at radius 2 is 1.82 bits per heavy atom. The first-order valence-electron chi connectivity index (χ1n) is 8.57. The third kappa shape index (κ3) is 3.19. The van der Waals surface area contributed by atoms with Gasteiger partial charge in [-0.3, -0.25) is 4.79 Å². The van der Waals surface area contributed by atoms with Crippen LogP contribution in [0.3, 0.4) is 0 Å². The van der Waals surface area contributed by atoms with Gasteiger partial charge in [0.1, 0.15) is 0 Å². The van der Waals surface area contributed by atoms with Crippen LogP contribution in [0.2, 0.25) is 0 Å². The number of aliphatic hydroxyl groups is 1. The normalized spacial score (nSPS) is 28.1. The number of nitrogens with zero attached hydrogens (tertiary/aromatic N) is 1. The first-order valence-corrected chi connectivity index (χ1v) is 8.57. The summed E-state index contributed by atoms with van der Waals surface area (Å²) in [5.74, 6) is 0.245. The predicted octanol–water partition coefficient (Wildman–Crippen LogP) is 3.26. The molecule has 22 heavy (non-hydrogen) atoms. The summed E-state index contributed by atoms with van der Waals surface area (Å²) in [7, 11) is 0. The first-order chi connectivity index (χ1) is 10.5. The first kappa shape index (κ1) is 15.5. The van der Waals surface area contributed by atoms with Crippen molar-refractivity contribution in [3.63, 3.8) is 0 Å². The van der Waals surface area contributed by atoms with Crippen molar-refractivity contribution >= 4 is 5.91 Å². The van der Waals surface area contributed by atoms with Crippen LogP contribution in [0.5, 0.6) is 0 Å². The lowest BCUT2D eigenvalue weighted by molar-refractivity contribution is -0.136. The highest BCUT2D eigenvalue weighted by Crippen LogP contribution is 2.36. The highest BCUT2D eigenvalue weighted by Gasteiger charge is 2.38. The molecular formula is C19H27NO2. The highest BCUT2D eigenvalue weighted by atomic mass is 16.3. The van der Waals surface area contributed by atoms with Crippen LogP contribution in [0.15, 0.2) is 30.3 Å². The summed E-state index contributed by atoms with van der Waals surface area (Å²) in [5, 5.41) is 10.5. The summed E-state index contributed by atoms with van der Waals surface area (Å²) < 4.78 is 0. The molecule has 1 saturated heterocycles. The van der Waals surface area contributed by atoms with Gasteiger partial charge in [0.25, 0.3) is 0 Å². The summed E-state index contributed by atoms with van der Waals surface area (Å²) in [6, 6.07) is 10.5. The lowest BCUT2D eigenvalue weighted by atomic mass is 9.75. The quantitative estimate of drug-likeness (QED) is 0.927. The maximum atomic E-state index is 12.3. The summed E-state index contributed by atoms with van der Waals surface area (Å²) in [6.07, 6.45) is 6.28. The summed E-state index contributed by atoms with van der Waals surface area (Å²) in [6.45, 7) is 3.72. The lowest BCUT2D eigenvalue weighted by Gasteiger charge is -2.41. The number of carbonyl (C=O) groups is 1. The van der Waals surface area contributed by atoms with Crippen molar-refractivity contribution in [1.29, 1.82) is 0 Å². The Bertz CT molecular complexity index is 521. The molecule has 3 heteroatoms. The Morgan fingerprint density at radius 3 is 2.50 bits per heavy atom. The van der Waals surface area contributed by atoms with Gasteiger partial charge < -0.3 is 10.0 Å².